The molecule has 3 nitrogen and oxygen atoms in total. The second-order valence-electron chi connectivity index (χ2n) is 7.61. The van der Waals surface area contributed by atoms with Gasteiger partial charge in [-0.05, 0) is 61.7 Å². The molecule has 2 aromatic rings. The molecule has 1 amide bonds. The molecule has 1 fully saturated rings. The summed E-state index contributed by atoms with van der Waals surface area (Å²) in [5.41, 5.74) is 2.92. The number of halogens is 1. The van der Waals surface area contributed by atoms with Gasteiger partial charge in [-0.3, -0.25) is 4.79 Å². The highest BCUT2D eigenvalue weighted by atomic mass is 79.9. The third-order valence-electron chi connectivity index (χ3n) is 5.84. The van der Waals surface area contributed by atoms with Crippen LogP contribution in [0.3, 0.4) is 0 Å². The Morgan fingerprint density at radius 2 is 1.77 bits per heavy atom. The average Bonchev–Trinajstić information content (AvgIpc) is 2.85. The van der Waals surface area contributed by atoms with E-state index in [1.165, 1.54) is 24.8 Å². The molecule has 0 aromatic heterocycles. The van der Waals surface area contributed by atoms with Gasteiger partial charge in [-0.15, -0.1) is 0 Å². The molecular formula is C22H25BrN2O. The first-order valence-electron chi connectivity index (χ1n) is 9.45. The predicted molar refractivity (Wildman–Crippen MR) is 110 cm³/mol. The summed E-state index contributed by atoms with van der Waals surface area (Å²) in [5.74, 6) is 0.222. The standard InChI is InChI=1S/C22H25BrN2O/c1-24-20-11-10-18(23)14-19(20)22(21(24)26,15-17-8-4-2-5-9-17)16-25-12-6-3-7-13-25/h2,4-5,8-11,14H,3,6-7,12-13,15-16H2,1H3. The molecule has 4 heteroatoms. The molecule has 1 unspecified atom stereocenters. The first-order chi connectivity index (χ1) is 12.6. The van der Waals surface area contributed by atoms with E-state index in [-0.39, 0.29) is 5.91 Å². The van der Waals surface area contributed by atoms with Crippen molar-refractivity contribution in [3.63, 3.8) is 0 Å². The second kappa shape index (κ2) is 7.16. The van der Waals surface area contributed by atoms with E-state index in [4.69, 9.17) is 0 Å². The summed E-state index contributed by atoms with van der Waals surface area (Å²) in [5, 5.41) is 0. The molecule has 0 N–H and O–H groups in total. The summed E-state index contributed by atoms with van der Waals surface area (Å²) in [6, 6.07) is 16.7. The van der Waals surface area contributed by atoms with E-state index < -0.39 is 5.41 Å². The summed E-state index contributed by atoms with van der Waals surface area (Å²) >= 11 is 3.62. The molecule has 2 aliphatic heterocycles. The van der Waals surface area contributed by atoms with Crippen molar-refractivity contribution < 1.29 is 4.79 Å². The highest BCUT2D eigenvalue weighted by Crippen LogP contribution is 2.45. The summed E-state index contributed by atoms with van der Waals surface area (Å²) < 4.78 is 1.04. The maximum absolute atomic E-state index is 13.6. The van der Waals surface area contributed by atoms with Gasteiger partial charge in [0, 0.05) is 23.8 Å². The number of hydrogen-bond acceptors (Lipinski definition) is 2. The predicted octanol–water partition coefficient (Wildman–Crippen LogP) is 4.39. The normalized spacial score (nSPS) is 23.3. The summed E-state index contributed by atoms with van der Waals surface area (Å²) in [6.45, 7) is 2.99. The number of likely N-dealkylation sites (tertiary alicyclic amines) is 1. The smallest absolute Gasteiger partial charge is 0.239 e. The van der Waals surface area contributed by atoms with Gasteiger partial charge in [-0.2, -0.15) is 0 Å². The number of piperidine rings is 1. The Balaban J connectivity index is 1.80. The number of benzene rings is 2. The van der Waals surface area contributed by atoms with E-state index in [9.17, 15) is 4.79 Å². The Kier molecular flexibility index (Phi) is 4.89. The topological polar surface area (TPSA) is 23.6 Å². The molecule has 0 bridgehead atoms. The number of hydrogen-bond donors (Lipinski definition) is 0. The van der Waals surface area contributed by atoms with E-state index in [2.05, 4.69) is 57.2 Å². The van der Waals surface area contributed by atoms with E-state index in [1.807, 2.05) is 24.1 Å². The molecule has 0 spiro atoms. The van der Waals surface area contributed by atoms with Crippen LogP contribution < -0.4 is 4.90 Å². The van der Waals surface area contributed by atoms with Gasteiger partial charge in [0.2, 0.25) is 5.91 Å². The van der Waals surface area contributed by atoms with Crippen molar-refractivity contribution in [2.45, 2.75) is 31.1 Å². The van der Waals surface area contributed by atoms with E-state index in [1.54, 1.807) is 0 Å². The minimum absolute atomic E-state index is 0.222. The number of fused-ring (bicyclic) bond motifs is 1. The summed E-state index contributed by atoms with van der Waals surface area (Å²) in [4.78, 5) is 17.9. The van der Waals surface area contributed by atoms with Gasteiger partial charge in [0.1, 0.15) is 0 Å². The van der Waals surface area contributed by atoms with Gasteiger partial charge >= 0.3 is 0 Å². The van der Waals surface area contributed by atoms with E-state index in [0.717, 1.165) is 41.8 Å². The largest absolute Gasteiger partial charge is 0.314 e. The van der Waals surface area contributed by atoms with Gasteiger partial charge in [0.15, 0.2) is 0 Å². The van der Waals surface area contributed by atoms with E-state index in [0.29, 0.717) is 0 Å². The maximum atomic E-state index is 13.6. The lowest BCUT2D eigenvalue weighted by molar-refractivity contribution is -0.123. The first-order valence-corrected chi connectivity index (χ1v) is 10.2. The Morgan fingerprint density at radius 3 is 2.50 bits per heavy atom. The second-order valence-corrected chi connectivity index (χ2v) is 8.52. The fraction of sp³-hybridized carbons (Fsp3) is 0.409. The van der Waals surface area contributed by atoms with Gasteiger partial charge in [0.05, 0.1) is 5.41 Å². The zero-order valence-electron chi connectivity index (χ0n) is 15.2. The van der Waals surface area contributed by atoms with Crippen molar-refractivity contribution in [1.82, 2.24) is 4.90 Å². The van der Waals surface area contributed by atoms with Crippen LogP contribution in [0.25, 0.3) is 0 Å². The summed E-state index contributed by atoms with van der Waals surface area (Å²) in [6.07, 6.45) is 4.52. The lowest BCUT2D eigenvalue weighted by Gasteiger charge is -2.36. The number of likely N-dealkylation sites (N-methyl/N-ethyl adjacent to an activating group) is 1. The average molecular weight is 413 g/mol. The van der Waals surface area contributed by atoms with Crippen molar-refractivity contribution in [1.29, 1.82) is 0 Å². The van der Waals surface area contributed by atoms with Crippen LogP contribution in [-0.4, -0.2) is 37.5 Å². The zero-order valence-corrected chi connectivity index (χ0v) is 16.8. The number of carbonyl (C=O) groups is 1. The van der Waals surface area contributed by atoms with E-state index >= 15 is 0 Å². The lowest BCUT2D eigenvalue weighted by atomic mass is 9.75. The Morgan fingerprint density at radius 1 is 1.04 bits per heavy atom. The highest BCUT2D eigenvalue weighted by Gasteiger charge is 2.50. The third-order valence-corrected chi connectivity index (χ3v) is 6.33. The van der Waals surface area contributed by atoms with Crippen molar-refractivity contribution in [3.8, 4) is 0 Å². The molecular weight excluding hydrogens is 388 g/mol. The quantitative estimate of drug-likeness (QED) is 0.742. The number of rotatable bonds is 4. The van der Waals surface area contributed by atoms with Crippen LogP contribution in [-0.2, 0) is 16.6 Å². The number of nitrogens with zero attached hydrogens (tertiary/aromatic N) is 2. The van der Waals surface area contributed by atoms with Crippen LogP contribution in [0, 0.1) is 0 Å². The molecule has 26 heavy (non-hydrogen) atoms. The fourth-order valence-corrected chi connectivity index (χ4v) is 4.91. The Bertz CT molecular complexity index is 801. The molecule has 2 aliphatic rings. The zero-order chi connectivity index (χ0) is 18.1. The Hall–Kier alpha value is -1.65. The van der Waals surface area contributed by atoms with Crippen LogP contribution in [0.5, 0.6) is 0 Å². The van der Waals surface area contributed by atoms with Gasteiger partial charge in [-0.25, -0.2) is 0 Å². The number of amides is 1. The highest BCUT2D eigenvalue weighted by molar-refractivity contribution is 9.10. The number of anilines is 1. The molecule has 2 aromatic carbocycles. The SMILES string of the molecule is CN1C(=O)C(Cc2ccccc2)(CN2CCCCC2)c2cc(Br)ccc21. The van der Waals surface area contributed by atoms with Crippen LogP contribution in [0.2, 0.25) is 0 Å². The van der Waals surface area contributed by atoms with Gasteiger partial charge < -0.3 is 9.80 Å². The fourth-order valence-electron chi connectivity index (χ4n) is 4.55. The van der Waals surface area contributed by atoms with Crippen molar-refractivity contribution >= 4 is 27.5 Å². The van der Waals surface area contributed by atoms with Crippen molar-refractivity contribution in [3.05, 3.63) is 64.1 Å². The molecule has 0 saturated carbocycles. The molecule has 136 valence electrons. The van der Waals surface area contributed by atoms with Crippen LogP contribution in [0.1, 0.15) is 30.4 Å². The molecule has 2 heterocycles. The molecule has 1 saturated heterocycles. The Labute approximate surface area is 164 Å². The number of carbonyl (C=O) groups excluding carboxylic acids is 1. The molecule has 1 atom stereocenters. The molecule has 0 radical (unpaired) electrons. The van der Waals surface area contributed by atoms with Crippen molar-refractivity contribution in [2.24, 2.45) is 0 Å². The minimum atomic E-state index is -0.507. The lowest BCUT2D eigenvalue weighted by Crippen LogP contribution is -2.50. The van der Waals surface area contributed by atoms with Gasteiger partial charge in [-0.1, -0.05) is 52.7 Å². The van der Waals surface area contributed by atoms with Gasteiger partial charge in [0.25, 0.3) is 0 Å². The molecule has 0 aliphatic carbocycles. The monoisotopic (exact) mass is 412 g/mol. The van der Waals surface area contributed by atoms with Crippen LogP contribution in [0.4, 0.5) is 5.69 Å². The maximum Gasteiger partial charge on any atom is 0.239 e. The van der Waals surface area contributed by atoms with Crippen LogP contribution in [0.15, 0.2) is 53.0 Å². The third kappa shape index (κ3) is 3.10. The van der Waals surface area contributed by atoms with Crippen LogP contribution >= 0.6 is 15.9 Å². The summed E-state index contributed by atoms with van der Waals surface area (Å²) in [7, 11) is 1.91. The first kappa shape index (κ1) is 17.7. The van der Waals surface area contributed by atoms with Crippen molar-refractivity contribution in [2.75, 3.05) is 31.6 Å². The molecule has 4 rings (SSSR count). The minimum Gasteiger partial charge on any atom is -0.314 e.